The molecule has 0 saturated heterocycles. The van der Waals surface area contributed by atoms with E-state index in [-0.39, 0.29) is 4.90 Å². The molecule has 0 radical (unpaired) electrons. The summed E-state index contributed by atoms with van der Waals surface area (Å²) in [7, 11) is -1.65. The first kappa shape index (κ1) is 13.8. The fourth-order valence-corrected chi connectivity index (χ4v) is 2.77. The molecule has 0 aliphatic heterocycles. The van der Waals surface area contributed by atoms with E-state index in [0.717, 1.165) is 17.7 Å². The zero-order valence-corrected chi connectivity index (χ0v) is 11.3. The van der Waals surface area contributed by atoms with Crippen molar-refractivity contribution in [1.29, 1.82) is 0 Å². The summed E-state index contributed by atoms with van der Waals surface area (Å²) in [5, 5.41) is 0. The van der Waals surface area contributed by atoms with E-state index in [1.807, 2.05) is 30.1 Å². The van der Waals surface area contributed by atoms with E-state index in [2.05, 4.69) is 4.72 Å². The first-order valence-electron chi connectivity index (χ1n) is 5.83. The van der Waals surface area contributed by atoms with Crippen LogP contribution in [0.15, 0.2) is 47.6 Å². The van der Waals surface area contributed by atoms with Gasteiger partial charge in [-0.3, -0.25) is 0 Å². The van der Waals surface area contributed by atoms with Gasteiger partial charge in [-0.15, -0.1) is 0 Å². The van der Waals surface area contributed by atoms with E-state index in [4.69, 9.17) is 0 Å². The molecule has 0 atom stereocenters. The smallest absolute Gasteiger partial charge is 0.240 e. The minimum atomic E-state index is -3.56. The van der Waals surface area contributed by atoms with Crippen LogP contribution in [0, 0.1) is 5.82 Å². The lowest BCUT2D eigenvalue weighted by Gasteiger charge is -2.06. The molecule has 6 heteroatoms. The molecule has 0 fully saturated rings. The third-order valence-electron chi connectivity index (χ3n) is 2.72. The first-order chi connectivity index (χ1) is 8.97. The first-order valence-corrected chi connectivity index (χ1v) is 7.32. The van der Waals surface area contributed by atoms with Gasteiger partial charge in [0.1, 0.15) is 5.82 Å². The fourth-order valence-electron chi connectivity index (χ4n) is 1.74. The lowest BCUT2D eigenvalue weighted by Crippen LogP contribution is -2.25. The highest BCUT2D eigenvalue weighted by atomic mass is 32.2. The lowest BCUT2D eigenvalue weighted by atomic mass is 10.2. The van der Waals surface area contributed by atoms with E-state index < -0.39 is 15.8 Å². The van der Waals surface area contributed by atoms with E-state index in [1.165, 1.54) is 12.1 Å². The molecular formula is C13H15FN2O2S. The molecular weight excluding hydrogens is 267 g/mol. The molecule has 0 aliphatic rings. The number of hydrogen-bond acceptors (Lipinski definition) is 2. The number of nitrogens with one attached hydrogen (secondary N) is 1. The highest BCUT2D eigenvalue weighted by Crippen LogP contribution is 2.09. The van der Waals surface area contributed by atoms with Gasteiger partial charge in [-0.2, -0.15) is 0 Å². The summed E-state index contributed by atoms with van der Waals surface area (Å²) >= 11 is 0. The van der Waals surface area contributed by atoms with Crippen LogP contribution in [0.1, 0.15) is 5.56 Å². The predicted molar refractivity (Wildman–Crippen MR) is 70.7 cm³/mol. The van der Waals surface area contributed by atoms with Crippen LogP contribution < -0.4 is 4.72 Å². The number of rotatable bonds is 5. The van der Waals surface area contributed by atoms with Crippen LogP contribution >= 0.6 is 0 Å². The normalized spacial score (nSPS) is 11.7. The number of sulfonamides is 1. The standard InChI is InChI=1S/C13H15FN2O2S/c1-16-9-7-11(10-16)6-8-15-19(17,18)13-4-2-12(14)3-5-13/h2-5,7,9-10,15H,6,8H2,1H3. The average Bonchev–Trinajstić information content (AvgIpc) is 2.75. The largest absolute Gasteiger partial charge is 0.357 e. The van der Waals surface area contributed by atoms with Gasteiger partial charge in [-0.25, -0.2) is 17.5 Å². The van der Waals surface area contributed by atoms with Crippen molar-refractivity contribution in [3.05, 3.63) is 54.1 Å². The van der Waals surface area contributed by atoms with Crippen molar-refractivity contribution in [3.8, 4) is 0 Å². The van der Waals surface area contributed by atoms with Gasteiger partial charge >= 0.3 is 0 Å². The van der Waals surface area contributed by atoms with Crippen LogP contribution in [0.5, 0.6) is 0 Å². The molecule has 2 aromatic rings. The van der Waals surface area contributed by atoms with Crippen LogP contribution in [0.4, 0.5) is 4.39 Å². The maximum Gasteiger partial charge on any atom is 0.240 e. The summed E-state index contributed by atoms with van der Waals surface area (Å²) in [5.74, 6) is -0.455. The molecule has 102 valence electrons. The van der Waals surface area contributed by atoms with Crippen LogP contribution in [0.2, 0.25) is 0 Å². The van der Waals surface area contributed by atoms with Crippen molar-refractivity contribution in [1.82, 2.24) is 9.29 Å². The van der Waals surface area contributed by atoms with Crippen LogP contribution in [-0.4, -0.2) is 19.5 Å². The zero-order chi connectivity index (χ0) is 13.9. The summed E-state index contributed by atoms with van der Waals surface area (Å²) in [6.07, 6.45) is 4.46. The van der Waals surface area contributed by atoms with Gasteiger partial charge in [0.25, 0.3) is 0 Å². The molecule has 0 bridgehead atoms. The molecule has 1 heterocycles. The number of halogens is 1. The van der Waals surface area contributed by atoms with Crippen molar-refractivity contribution in [2.75, 3.05) is 6.54 Å². The number of nitrogens with zero attached hydrogens (tertiary/aromatic N) is 1. The SMILES string of the molecule is Cn1ccc(CCNS(=O)(=O)c2ccc(F)cc2)c1. The average molecular weight is 282 g/mol. The van der Waals surface area contributed by atoms with Gasteiger partial charge < -0.3 is 4.57 Å². The molecule has 0 saturated carbocycles. The third kappa shape index (κ3) is 3.65. The Kier molecular flexibility index (Phi) is 4.01. The number of aryl methyl sites for hydroxylation is 1. The molecule has 1 aromatic heterocycles. The molecule has 0 aliphatic carbocycles. The summed E-state index contributed by atoms with van der Waals surface area (Å²) in [5.41, 5.74) is 1.06. The van der Waals surface area contributed by atoms with Crippen molar-refractivity contribution in [2.45, 2.75) is 11.3 Å². The van der Waals surface area contributed by atoms with E-state index in [1.54, 1.807) is 0 Å². The Morgan fingerprint density at radius 3 is 2.47 bits per heavy atom. The number of hydrogen-bond donors (Lipinski definition) is 1. The minimum Gasteiger partial charge on any atom is -0.357 e. The second kappa shape index (κ2) is 5.54. The van der Waals surface area contributed by atoms with Gasteiger partial charge in [-0.1, -0.05) is 0 Å². The van der Waals surface area contributed by atoms with Crippen LogP contribution in [0.3, 0.4) is 0 Å². The maximum atomic E-state index is 12.7. The molecule has 1 N–H and O–H groups in total. The van der Waals surface area contributed by atoms with Crippen molar-refractivity contribution in [3.63, 3.8) is 0 Å². The summed E-state index contributed by atoms with van der Waals surface area (Å²) < 4.78 is 40.9. The Hall–Kier alpha value is -1.66. The maximum absolute atomic E-state index is 12.7. The van der Waals surface area contributed by atoms with Gasteiger partial charge in [0.05, 0.1) is 4.90 Å². The van der Waals surface area contributed by atoms with Crippen LogP contribution in [0.25, 0.3) is 0 Å². The molecule has 19 heavy (non-hydrogen) atoms. The predicted octanol–water partition coefficient (Wildman–Crippen LogP) is 1.69. The van der Waals surface area contributed by atoms with Gasteiger partial charge in [0.15, 0.2) is 0 Å². The second-order valence-corrected chi connectivity index (χ2v) is 6.05. The Bertz CT molecular complexity index is 648. The summed E-state index contributed by atoms with van der Waals surface area (Å²) in [6.45, 7) is 0.309. The molecule has 0 unspecified atom stereocenters. The molecule has 0 spiro atoms. The van der Waals surface area contributed by atoms with E-state index in [0.29, 0.717) is 13.0 Å². The van der Waals surface area contributed by atoms with Crippen LogP contribution in [-0.2, 0) is 23.5 Å². The van der Waals surface area contributed by atoms with Gasteiger partial charge in [0, 0.05) is 26.0 Å². The Labute approximate surface area is 111 Å². The van der Waals surface area contributed by atoms with Gasteiger partial charge in [-0.05, 0) is 42.3 Å². The molecule has 2 rings (SSSR count). The highest BCUT2D eigenvalue weighted by Gasteiger charge is 2.13. The highest BCUT2D eigenvalue weighted by molar-refractivity contribution is 7.89. The molecule has 4 nitrogen and oxygen atoms in total. The Morgan fingerprint density at radius 2 is 1.89 bits per heavy atom. The Balaban J connectivity index is 1.96. The molecule has 0 amide bonds. The summed E-state index contributed by atoms with van der Waals surface area (Å²) in [6, 6.07) is 6.70. The topological polar surface area (TPSA) is 51.1 Å². The quantitative estimate of drug-likeness (QED) is 0.907. The van der Waals surface area contributed by atoms with Gasteiger partial charge in [0.2, 0.25) is 10.0 Å². The zero-order valence-electron chi connectivity index (χ0n) is 10.5. The fraction of sp³-hybridized carbons (Fsp3) is 0.231. The van der Waals surface area contributed by atoms with Crippen molar-refractivity contribution in [2.24, 2.45) is 7.05 Å². The number of benzene rings is 1. The minimum absolute atomic E-state index is 0.0713. The summed E-state index contributed by atoms with van der Waals surface area (Å²) in [4.78, 5) is 0.0713. The second-order valence-electron chi connectivity index (χ2n) is 4.29. The molecule has 1 aromatic carbocycles. The Morgan fingerprint density at radius 1 is 1.21 bits per heavy atom. The number of aromatic nitrogens is 1. The van der Waals surface area contributed by atoms with Crippen molar-refractivity contribution < 1.29 is 12.8 Å². The third-order valence-corrected chi connectivity index (χ3v) is 4.20. The van der Waals surface area contributed by atoms with E-state index >= 15 is 0 Å². The monoisotopic (exact) mass is 282 g/mol. The lowest BCUT2D eigenvalue weighted by molar-refractivity contribution is 0.580. The van der Waals surface area contributed by atoms with Crippen molar-refractivity contribution >= 4 is 10.0 Å². The van der Waals surface area contributed by atoms with E-state index in [9.17, 15) is 12.8 Å².